The minimum absolute atomic E-state index is 0.0495. The molecule has 0 atom stereocenters. The molecule has 0 saturated heterocycles. The molecule has 0 aliphatic heterocycles. The van der Waals surface area contributed by atoms with Gasteiger partial charge in [-0.1, -0.05) is 35.2 Å². The molecule has 9 heteroatoms. The summed E-state index contributed by atoms with van der Waals surface area (Å²) in [5.74, 6) is -0.211. The maximum Gasteiger partial charge on any atom is 0.257 e. The molecule has 6 nitrogen and oxygen atoms in total. The summed E-state index contributed by atoms with van der Waals surface area (Å²) in [6.45, 7) is 0. The second kappa shape index (κ2) is 8.18. The van der Waals surface area contributed by atoms with E-state index in [0.29, 0.717) is 0 Å². The number of hydrazine groups is 1. The van der Waals surface area contributed by atoms with Gasteiger partial charge in [0, 0.05) is 10.4 Å². The standard InChI is InChI=1S/C14H18BrN3O3S2/c15-11-6-8-12(9-7-11)23(20,21)18-17-14(22)16-13(19)10-4-2-1-3-5-10/h6-10,18H,1-5H2,(H2,16,17,19,22). The van der Waals surface area contributed by atoms with E-state index in [1.54, 1.807) is 12.1 Å². The van der Waals surface area contributed by atoms with Crippen LogP contribution in [0.1, 0.15) is 32.1 Å². The van der Waals surface area contributed by atoms with E-state index in [9.17, 15) is 13.2 Å². The maximum atomic E-state index is 12.1. The second-order valence-corrected chi connectivity index (χ2v) is 8.34. The van der Waals surface area contributed by atoms with Crippen LogP contribution in [0.4, 0.5) is 0 Å². The van der Waals surface area contributed by atoms with Crippen molar-refractivity contribution in [2.24, 2.45) is 5.92 Å². The van der Waals surface area contributed by atoms with E-state index in [1.165, 1.54) is 12.1 Å². The minimum Gasteiger partial charge on any atom is -0.302 e. The molecular formula is C14H18BrN3O3S2. The third-order valence-electron chi connectivity index (χ3n) is 3.64. The van der Waals surface area contributed by atoms with E-state index in [2.05, 4.69) is 31.5 Å². The smallest absolute Gasteiger partial charge is 0.257 e. The molecule has 0 radical (unpaired) electrons. The highest BCUT2D eigenvalue weighted by Gasteiger charge is 2.22. The Labute approximate surface area is 149 Å². The average Bonchev–Trinajstić information content (AvgIpc) is 2.54. The number of benzene rings is 1. The highest BCUT2D eigenvalue weighted by molar-refractivity contribution is 9.10. The predicted molar refractivity (Wildman–Crippen MR) is 94.9 cm³/mol. The zero-order valence-corrected chi connectivity index (χ0v) is 15.6. The summed E-state index contributed by atoms with van der Waals surface area (Å²) >= 11 is 8.20. The van der Waals surface area contributed by atoms with E-state index in [1.807, 2.05) is 0 Å². The number of hydrogen-bond donors (Lipinski definition) is 3. The fourth-order valence-electron chi connectivity index (χ4n) is 2.40. The molecular weight excluding hydrogens is 402 g/mol. The van der Waals surface area contributed by atoms with Crippen LogP contribution in [-0.2, 0) is 14.8 Å². The Morgan fingerprint density at radius 3 is 2.35 bits per heavy atom. The molecule has 0 spiro atoms. The number of hydrogen-bond acceptors (Lipinski definition) is 4. The minimum atomic E-state index is -3.75. The molecule has 2 rings (SSSR count). The summed E-state index contributed by atoms with van der Waals surface area (Å²) in [6.07, 6.45) is 4.92. The molecule has 1 aliphatic rings. The SMILES string of the molecule is O=C(NC(=S)NNS(=O)(=O)c1ccc(Br)cc1)C1CCCCC1. The summed E-state index contributed by atoms with van der Waals surface area (Å²) in [6, 6.07) is 6.16. The van der Waals surface area contributed by atoms with E-state index in [4.69, 9.17) is 12.2 Å². The first-order valence-electron chi connectivity index (χ1n) is 7.27. The van der Waals surface area contributed by atoms with Crippen molar-refractivity contribution >= 4 is 49.2 Å². The van der Waals surface area contributed by atoms with E-state index >= 15 is 0 Å². The zero-order chi connectivity index (χ0) is 16.9. The molecule has 1 amide bonds. The Morgan fingerprint density at radius 1 is 1.13 bits per heavy atom. The third kappa shape index (κ3) is 5.52. The van der Waals surface area contributed by atoms with Crippen LogP contribution in [0.5, 0.6) is 0 Å². The predicted octanol–water partition coefficient (Wildman–Crippen LogP) is 2.21. The summed E-state index contributed by atoms with van der Waals surface area (Å²) in [7, 11) is -3.75. The van der Waals surface area contributed by atoms with Crippen LogP contribution in [0.3, 0.4) is 0 Å². The molecule has 0 heterocycles. The fraction of sp³-hybridized carbons (Fsp3) is 0.429. The Morgan fingerprint density at radius 2 is 1.74 bits per heavy atom. The number of amides is 1. The van der Waals surface area contributed by atoms with Gasteiger partial charge in [-0.2, -0.15) is 0 Å². The van der Waals surface area contributed by atoms with Gasteiger partial charge in [0.1, 0.15) is 0 Å². The highest BCUT2D eigenvalue weighted by Crippen LogP contribution is 2.23. The lowest BCUT2D eigenvalue weighted by atomic mass is 9.89. The van der Waals surface area contributed by atoms with Crippen LogP contribution in [0, 0.1) is 5.92 Å². The van der Waals surface area contributed by atoms with Crippen molar-refractivity contribution in [2.75, 3.05) is 0 Å². The molecule has 0 bridgehead atoms. The van der Waals surface area contributed by atoms with Crippen molar-refractivity contribution in [1.29, 1.82) is 0 Å². The van der Waals surface area contributed by atoms with Crippen molar-refractivity contribution < 1.29 is 13.2 Å². The van der Waals surface area contributed by atoms with Gasteiger partial charge < -0.3 is 5.32 Å². The van der Waals surface area contributed by atoms with E-state index < -0.39 is 10.0 Å². The van der Waals surface area contributed by atoms with Gasteiger partial charge in [0.05, 0.1) is 4.90 Å². The van der Waals surface area contributed by atoms with Crippen molar-refractivity contribution in [3.05, 3.63) is 28.7 Å². The van der Waals surface area contributed by atoms with Crippen LogP contribution in [0.25, 0.3) is 0 Å². The molecule has 1 saturated carbocycles. The number of thiocarbonyl (C=S) groups is 1. The molecule has 1 fully saturated rings. The molecule has 0 unspecified atom stereocenters. The topological polar surface area (TPSA) is 87.3 Å². The number of carbonyl (C=O) groups is 1. The number of carbonyl (C=O) groups excluding carboxylic acids is 1. The maximum absolute atomic E-state index is 12.1. The quantitative estimate of drug-likeness (QED) is 0.514. The first-order valence-corrected chi connectivity index (χ1v) is 9.95. The van der Waals surface area contributed by atoms with Crippen LogP contribution >= 0.6 is 28.1 Å². The van der Waals surface area contributed by atoms with Gasteiger partial charge in [-0.05, 0) is 49.3 Å². The first-order chi connectivity index (χ1) is 10.9. The van der Waals surface area contributed by atoms with Gasteiger partial charge in [-0.15, -0.1) is 4.83 Å². The summed E-state index contributed by atoms with van der Waals surface area (Å²) < 4.78 is 24.9. The summed E-state index contributed by atoms with van der Waals surface area (Å²) in [5.41, 5.74) is 2.36. The van der Waals surface area contributed by atoms with Crippen LogP contribution in [0.2, 0.25) is 0 Å². The van der Waals surface area contributed by atoms with Gasteiger partial charge in [0.2, 0.25) is 5.91 Å². The number of nitrogens with one attached hydrogen (secondary N) is 3. The van der Waals surface area contributed by atoms with Gasteiger partial charge in [0.15, 0.2) is 5.11 Å². The fourth-order valence-corrected chi connectivity index (χ4v) is 3.73. The molecule has 0 aromatic heterocycles. The molecule has 1 aromatic rings. The summed E-state index contributed by atoms with van der Waals surface area (Å²) in [4.78, 5) is 14.3. The number of sulfonamides is 1. The van der Waals surface area contributed by atoms with Crippen LogP contribution in [0.15, 0.2) is 33.6 Å². The molecule has 126 valence electrons. The van der Waals surface area contributed by atoms with E-state index in [-0.39, 0.29) is 21.8 Å². The third-order valence-corrected chi connectivity index (χ3v) is 5.63. The molecule has 1 aromatic carbocycles. The molecule has 23 heavy (non-hydrogen) atoms. The first kappa shape index (κ1) is 18.3. The second-order valence-electron chi connectivity index (χ2n) is 5.34. The Balaban J connectivity index is 1.85. The lowest BCUT2D eigenvalue weighted by Crippen LogP contribution is -2.49. The van der Waals surface area contributed by atoms with Gasteiger partial charge in [-0.3, -0.25) is 10.2 Å². The van der Waals surface area contributed by atoms with Crippen molar-refractivity contribution in [2.45, 2.75) is 37.0 Å². The largest absolute Gasteiger partial charge is 0.302 e. The van der Waals surface area contributed by atoms with Gasteiger partial charge in [-0.25, -0.2) is 8.42 Å². The normalized spacial score (nSPS) is 15.9. The lowest BCUT2D eigenvalue weighted by molar-refractivity contribution is -0.124. The molecule has 1 aliphatic carbocycles. The molecule has 3 N–H and O–H groups in total. The Bertz CT molecular complexity index is 671. The lowest BCUT2D eigenvalue weighted by Gasteiger charge is -2.21. The highest BCUT2D eigenvalue weighted by atomic mass is 79.9. The zero-order valence-electron chi connectivity index (χ0n) is 12.3. The van der Waals surface area contributed by atoms with Gasteiger partial charge in [0.25, 0.3) is 10.0 Å². The van der Waals surface area contributed by atoms with Crippen LogP contribution in [-0.4, -0.2) is 19.4 Å². The van der Waals surface area contributed by atoms with Gasteiger partial charge >= 0.3 is 0 Å². The van der Waals surface area contributed by atoms with Crippen molar-refractivity contribution in [3.8, 4) is 0 Å². The number of halogens is 1. The summed E-state index contributed by atoms with van der Waals surface area (Å²) in [5, 5.41) is 2.48. The van der Waals surface area contributed by atoms with Crippen molar-refractivity contribution in [1.82, 2.24) is 15.6 Å². The number of rotatable bonds is 4. The van der Waals surface area contributed by atoms with E-state index in [0.717, 1.165) is 36.6 Å². The Kier molecular flexibility index (Phi) is 6.51. The monoisotopic (exact) mass is 419 g/mol. The average molecular weight is 420 g/mol. The van der Waals surface area contributed by atoms with Crippen LogP contribution < -0.4 is 15.6 Å². The van der Waals surface area contributed by atoms with Crippen molar-refractivity contribution in [3.63, 3.8) is 0 Å². The Hall–Kier alpha value is -1.03.